The molecular weight excluding hydrogens is 360 g/mol. The van der Waals surface area contributed by atoms with E-state index in [1.54, 1.807) is 12.1 Å². The molecule has 0 saturated carbocycles. The summed E-state index contributed by atoms with van der Waals surface area (Å²) < 4.78 is 5.47. The molecule has 0 aliphatic carbocycles. The van der Waals surface area contributed by atoms with E-state index in [0.717, 1.165) is 57.9 Å². The van der Waals surface area contributed by atoms with E-state index in [-0.39, 0.29) is 11.7 Å². The molecule has 8 nitrogen and oxygen atoms in total. The molecule has 0 radical (unpaired) electrons. The molecule has 28 heavy (non-hydrogen) atoms. The average molecular weight is 390 g/mol. The number of piperidine rings is 1. The van der Waals surface area contributed by atoms with Crippen molar-refractivity contribution in [2.75, 3.05) is 44.2 Å². The lowest BCUT2D eigenvalue weighted by Crippen LogP contribution is -2.54. The van der Waals surface area contributed by atoms with E-state index in [1.807, 2.05) is 25.7 Å². The summed E-state index contributed by atoms with van der Waals surface area (Å²) in [4.78, 5) is 33.9. The highest BCUT2D eigenvalue weighted by Crippen LogP contribution is 2.22. The summed E-state index contributed by atoms with van der Waals surface area (Å²) in [6.45, 7) is 10.8. The van der Waals surface area contributed by atoms with Gasteiger partial charge in [-0.25, -0.2) is 14.6 Å². The summed E-state index contributed by atoms with van der Waals surface area (Å²) >= 11 is 0. The van der Waals surface area contributed by atoms with Crippen LogP contribution in [0.3, 0.4) is 0 Å². The van der Waals surface area contributed by atoms with Gasteiger partial charge in [-0.15, -0.1) is 0 Å². The number of pyridine rings is 1. The molecule has 1 aromatic rings. The molecule has 2 aliphatic rings. The maximum Gasteiger partial charge on any atom is 0.410 e. The molecule has 3 heterocycles. The van der Waals surface area contributed by atoms with Crippen molar-refractivity contribution in [2.24, 2.45) is 0 Å². The predicted octanol–water partition coefficient (Wildman–Crippen LogP) is 2.30. The molecule has 0 unspecified atom stereocenters. The van der Waals surface area contributed by atoms with E-state index in [1.165, 1.54) is 6.20 Å². The molecule has 1 amide bonds. The Kier molecular flexibility index (Phi) is 6.07. The summed E-state index contributed by atoms with van der Waals surface area (Å²) in [5, 5.41) is 8.98. The first-order valence-electron chi connectivity index (χ1n) is 9.89. The maximum absolute atomic E-state index is 12.2. The van der Waals surface area contributed by atoms with Gasteiger partial charge >= 0.3 is 12.1 Å². The molecule has 0 spiro atoms. The zero-order chi connectivity index (χ0) is 20.3. The molecule has 0 bridgehead atoms. The molecular formula is C20H30N4O4. The Morgan fingerprint density at radius 2 is 1.71 bits per heavy atom. The fourth-order valence-corrected chi connectivity index (χ4v) is 3.76. The van der Waals surface area contributed by atoms with E-state index < -0.39 is 11.6 Å². The number of carbonyl (C=O) groups is 2. The lowest BCUT2D eigenvalue weighted by atomic mass is 10.0. The highest BCUT2D eigenvalue weighted by Gasteiger charge is 2.31. The number of likely N-dealkylation sites (tertiary alicyclic amines) is 1. The van der Waals surface area contributed by atoms with Crippen LogP contribution in [-0.4, -0.2) is 82.9 Å². The number of hydrogen-bond acceptors (Lipinski definition) is 6. The van der Waals surface area contributed by atoms with Gasteiger partial charge in [0.1, 0.15) is 11.4 Å². The zero-order valence-electron chi connectivity index (χ0n) is 16.9. The molecule has 1 N–H and O–H groups in total. The first-order chi connectivity index (χ1) is 13.2. The van der Waals surface area contributed by atoms with Crippen LogP contribution in [-0.2, 0) is 4.74 Å². The zero-order valence-corrected chi connectivity index (χ0v) is 16.9. The van der Waals surface area contributed by atoms with Crippen molar-refractivity contribution in [2.45, 2.75) is 45.3 Å². The van der Waals surface area contributed by atoms with E-state index in [9.17, 15) is 9.59 Å². The normalized spacial score (nSPS) is 19.5. The number of carbonyl (C=O) groups excluding carboxylic acids is 1. The minimum Gasteiger partial charge on any atom is -0.478 e. The van der Waals surface area contributed by atoms with Crippen molar-refractivity contribution in [1.29, 1.82) is 0 Å². The Bertz CT molecular complexity index is 685. The second kappa shape index (κ2) is 8.34. The number of carboxylic acid groups (broad SMARTS) is 1. The van der Waals surface area contributed by atoms with E-state index in [4.69, 9.17) is 9.84 Å². The standard InChI is InChI=1S/C20H30N4O4/c1-20(2,3)28-19(27)24-8-6-16(7-9-24)22-10-12-23(13-11-22)17-5-4-15(14-21-17)18(25)26/h4-5,14,16H,6-13H2,1-3H3,(H,25,26). The van der Waals surface area contributed by atoms with Crippen molar-refractivity contribution in [3.8, 4) is 0 Å². The number of aromatic nitrogens is 1. The van der Waals surface area contributed by atoms with Crippen molar-refractivity contribution in [3.05, 3.63) is 23.9 Å². The van der Waals surface area contributed by atoms with Gasteiger partial charge in [-0.2, -0.15) is 0 Å². The number of ether oxygens (including phenoxy) is 1. The molecule has 8 heteroatoms. The van der Waals surface area contributed by atoms with Crippen LogP contribution in [0.5, 0.6) is 0 Å². The minimum absolute atomic E-state index is 0.208. The molecule has 2 saturated heterocycles. The number of carboxylic acids is 1. The Morgan fingerprint density at radius 3 is 2.21 bits per heavy atom. The number of rotatable bonds is 3. The molecule has 154 valence electrons. The van der Waals surface area contributed by atoms with E-state index in [2.05, 4.69) is 14.8 Å². The number of piperazine rings is 1. The first kappa shape index (κ1) is 20.4. The van der Waals surface area contributed by atoms with Gasteiger partial charge in [0.2, 0.25) is 0 Å². The lowest BCUT2D eigenvalue weighted by Gasteiger charge is -2.43. The van der Waals surface area contributed by atoms with E-state index >= 15 is 0 Å². The highest BCUT2D eigenvalue weighted by molar-refractivity contribution is 5.87. The molecule has 3 rings (SSSR count). The number of amides is 1. The van der Waals surface area contributed by atoms with Crippen molar-refractivity contribution in [3.63, 3.8) is 0 Å². The highest BCUT2D eigenvalue weighted by atomic mass is 16.6. The molecule has 2 fully saturated rings. The van der Waals surface area contributed by atoms with Crippen LogP contribution in [0.1, 0.15) is 44.0 Å². The van der Waals surface area contributed by atoms with E-state index in [0.29, 0.717) is 6.04 Å². The molecule has 0 aromatic carbocycles. The smallest absolute Gasteiger partial charge is 0.410 e. The third kappa shape index (κ3) is 5.13. The first-order valence-corrected chi connectivity index (χ1v) is 9.89. The number of aromatic carboxylic acids is 1. The number of nitrogens with zero attached hydrogens (tertiary/aromatic N) is 4. The van der Waals surface area contributed by atoms with Gasteiger partial charge < -0.3 is 19.6 Å². The SMILES string of the molecule is CC(C)(C)OC(=O)N1CCC(N2CCN(c3ccc(C(=O)O)cn3)CC2)CC1. The molecule has 0 atom stereocenters. The Labute approximate surface area is 166 Å². The number of hydrogen-bond donors (Lipinski definition) is 1. The topological polar surface area (TPSA) is 86.2 Å². The molecule has 2 aliphatic heterocycles. The fourth-order valence-electron chi connectivity index (χ4n) is 3.76. The second-order valence-corrected chi connectivity index (χ2v) is 8.43. The van der Waals surface area contributed by atoms with Crippen LogP contribution in [0.4, 0.5) is 10.6 Å². The Balaban J connectivity index is 1.46. The summed E-state index contributed by atoms with van der Waals surface area (Å²) in [5.41, 5.74) is -0.250. The van der Waals surface area contributed by atoms with Gasteiger partial charge in [0.15, 0.2) is 0 Å². The largest absolute Gasteiger partial charge is 0.478 e. The minimum atomic E-state index is -0.957. The summed E-state index contributed by atoms with van der Waals surface area (Å²) in [5.74, 6) is -0.133. The third-order valence-corrected chi connectivity index (χ3v) is 5.27. The summed E-state index contributed by atoms with van der Waals surface area (Å²) in [6, 6.07) is 3.87. The van der Waals surface area contributed by atoms with Gasteiger partial charge in [0, 0.05) is 51.5 Å². The van der Waals surface area contributed by atoms with Crippen molar-refractivity contribution in [1.82, 2.24) is 14.8 Å². The second-order valence-electron chi connectivity index (χ2n) is 8.43. The summed E-state index contributed by atoms with van der Waals surface area (Å²) in [7, 11) is 0. The van der Waals surface area contributed by atoms with Gasteiger partial charge in [-0.1, -0.05) is 0 Å². The fraction of sp³-hybridized carbons (Fsp3) is 0.650. The average Bonchev–Trinajstić information content (AvgIpc) is 2.67. The van der Waals surface area contributed by atoms with Crippen LogP contribution in [0.2, 0.25) is 0 Å². The monoisotopic (exact) mass is 390 g/mol. The lowest BCUT2D eigenvalue weighted by molar-refractivity contribution is 0.0139. The van der Waals surface area contributed by atoms with Crippen LogP contribution in [0.25, 0.3) is 0 Å². The van der Waals surface area contributed by atoms with Gasteiger partial charge in [-0.05, 0) is 45.7 Å². The van der Waals surface area contributed by atoms with Crippen LogP contribution in [0, 0.1) is 0 Å². The Morgan fingerprint density at radius 1 is 1.07 bits per heavy atom. The quantitative estimate of drug-likeness (QED) is 0.847. The molecule has 1 aromatic heterocycles. The van der Waals surface area contributed by atoms with Gasteiger partial charge in [0.25, 0.3) is 0 Å². The van der Waals surface area contributed by atoms with Crippen molar-refractivity contribution >= 4 is 17.9 Å². The van der Waals surface area contributed by atoms with Crippen LogP contribution < -0.4 is 4.90 Å². The number of anilines is 1. The Hall–Kier alpha value is -2.35. The van der Waals surface area contributed by atoms with Crippen LogP contribution in [0.15, 0.2) is 18.3 Å². The van der Waals surface area contributed by atoms with Crippen molar-refractivity contribution < 1.29 is 19.4 Å². The summed E-state index contributed by atoms with van der Waals surface area (Å²) in [6.07, 6.45) is 3.12. The van der Waals surface area contributed by atoms with Gasteiger partial charge in [-0.3, -0.25) is 4.90 Å². The third-order valence-electron chi connectivity index (χ3n) is 5.27. The van der Waals surface area contributed by atoms with Gasteiger partial charge in [0.05, 0.1) is 5.56 Å². The van der Waals surface area contributed by atoms with Crippen LogP contribution >= 0.6 is 0 Å². The maximum atomic E-state index is 12.2. The predicted molar refractivity (Wildman–Crippen MR) is 106 cm³/mol.